The molecule has 0 fully saturated rings. The molecule has 2 N–H and O–H groups in total. The second-order valence-electron chi connectivity index (χ2n) is 3.43. The van der Waals surface area contributed by atoms with Gasteiger partial charge in [0, 0.05) is 0 Å². The van der Waals surface area contributed by atoms with Gasteiger partial charge >= 0.3 is 0 Å². The van der Waals surface area contributed by atoms with Crippen molar-refractivity contribution in [3.05, 3.63) is 12.2 Å². The van der Waals surface area contributed by atoms with Crippen LogP contribution in [0, 0.1) is 0 Å². The number of hydrogen-bond donors (Lipinski definition) is 1. The summed E-state index contributed by atoms with van der Waals surface area (Å²) in [6.45, 7) is 4.49. The Bertz CT molecular complexity index is 441. The zero-order valence-corrected chi connectivity index (χ0v) is 8.57. The van der Waals surface area contributed by atoms with E-state index in [0.29, 0.717) is 6.54 Å². The van der Waals surface area contributed by atoms with Crippen LogP contribution >= 0.6 is 0 Å². The highest BCUT2D eigenvalue weighted by Gasteiger charge is 2.10. The van der Waals surface area contributed by atoms with Gasteiger partial charge in [-0.25, -0.2) is 14.3 Å². The van der Waals surface area contributed by atoms with Gasteiger partial charge in [0.05, 0.1) is 6.04 Å². The van der Waals surface area contributed by atoms with E-state index >= 15 is 0 Å². The maximum absolute atomic E-state index is 5.40. The van der Waals surface area contributed by atoms with Crippen LogP contribution in [-0.4, -0.2) is 35.0 Å². The highest BCUT2D eigenvalue weighted by Crippen LogP contribution is 2.05. The number of anilines is 1. The molecule has 0 atom stereocenters. The van der Waals surface area contributed by atoms with E-state index < -0.39 is 0 Å². The molecule has 2 aromatic rings. The zero-order chi connectivity index (χ0) is 10.8. The average Bonchev–Trinajstić information content (AvgIpc) is 2.75. The van der Waals surface area contributed by atoms with Crippen LogP contribution in [0.4, 0.5) is 5.95 Å². The number of nitrogens with zero attached hydrogens (tertiary/aromatic N) is 7. The van der Waals surface area contributed by atoms with Crippen molar-refractivity contribution < 1.29 is 0 Å². The molecule has 0 radical (unpaired) electrons. The molecule has 80 valence electrons. The Morgan fingerprint density at radius 3 is 2.87 bits per heavy atom. The number of hydrogen-bond acceptors (Lipinski definition) is 6. The fourth-order valence-corrected chi connectivity index (χ4v) is 1.25. The third-order valence-electron chi connectivity index (χ3n) is 1.91. The molecule has 0 aliphatic carbocycles. The summed E-state index contributed by atoms with van der Waals surface area (Å²) in [5, 5.41) is 15.4. The Labute approximate surface area is 86.1 Å². The van der Waals surface area contributed by atoms with E-state index in [1.54, 1.807) is 15.7 Å². The van der Waals surface area contributed by atoms with E-state index in [1.807, 2.05) is 13.8 Å². The number of nitrogens with two attached hydrogens (primary N) is 1. The topological polar surface area (TPSA) is 100 Å². The second kappa shape index (κ2) is 3.64. The highest BCUT2D eigenvalue weighted by molar-refractivity contribution is 5.09. The first kappa shape index (κ1) is 9.56. The van der Waals surface area contributed by atoms with Gasteiger partial charge in [-0.05, 0) is 24.3 Å². The SMILES string of the molecule is CC(C)n1nnnc1Cn1cnc(N)n1. The first-order chi connectivity index (χ1) is 7.16. The van der Waals surface area contributed by atoms with Gasteiger partial charge in [-0.3, -0.25) is 0 Å². The summed E-state index contributed by atoms with van der Waals surface area (Å²) >= 11 is 0. The molecule has 0 aliphatic rings. The molecule has 0 spiro atoms. The minimum atomic E-state index is 0.218. The lowest BCUT2D eigenvalue weighted by Crippen LogP contribution is -2.12. The maximum Gasteiger partial charge on any atom is 0.239 e. The molecule has 2 heterocycles. The van der Waals surface area contributed by atoms with Crippen molar-refractivity contribution >= 4 is 5.95 Å². The first-order valence-corrected chi connectivity index (χ1v) is 4.58. The van der Waals surface area contributed by atoms with E-state index in [2.05, 4.69) is 25.6 Å². The summed E-state index contributed by atoms with van der Waals surface area (Å²) in [7, 11) is 0. The molecule has 0 saturated heterocycles. The molecule has 0 aliphatic heterocycles. The molecule has 0 amide bonds. The van der Waals surface area contributed by atoms with Crippen LogP contribution in [0.1, 0.15) is 25.7 Å². The summed E-state index contributed by atoms with van der Waals surface area (Å²) in [6.07, 6.45) is 1.55. The summed E-state index contributed by atoms with van der Waals surface area (Å²) in [5.41, 5.74) is 5.40. The Balaban J connectivity index is 2.20. The second-order valence-corrected chi connectivity index (χ2v) is 3.43. The number of rotatable bonds is 3. The number of tetrazole rings is 1. The molecular formula is C7H12N8. The van der Waals surface area contributed by atoms with Gasteiger partial charge in [0.1, 0.15) is 12.9 Å². The molecule has 0 aromatic carbocycles. The van der Waals surface area contributed by atoms with Crippen LogP contribution in [0.2, 0.25) is 0 Å². The predicted octanol–water partition coefficient (Wildman–Crippen LogP) is -0.524. The van der Waals surface area contributed by atoms with E-state index in [1.165, 1.54) is 0 Å². The zero-order valence-electron chi connectivity index (χ0n) is 8.57. The maximum atomic E-state index is 5.40. The third-order valence-corrected chi connectivity index (χ3v) is 1.91. The Morgan fingerprint density at radius 1 is 1.47 bits per heavy atom. The lowest BCUT2D eigenvalue weighted by molar-refractivity contribution is 0.479. The fourth-order valence-electron chi connectivity index (χ4n) is 1.25. The number of nitrogen functional groups attached to an aromatic ring is 1. The van der Waals surface area contributed by atoms with Gasteiger partial charge in [-0.1, -0.05) is 0 Å². The normalized spacial score (nSPS) is 11.1. The molecule has 2 rings (SSSR count). The van der Waals surface area contributed by atoms with Crippen LogP contribution in [-0.2, 0) is 6.54 Å². The Kier molecular flexibility index (Phi) is 2.32. The van der Waals surface area contributed by atoms with Crippen molar-refractivity contribution in [3.8, 4) is 0 Å². The molecule has 2 aromatic heterocycles. The van der Waals surface area contributed by atoms with Crippen LogP contribution < -0.4 is 5.73 Å². The van der Waals surface area contributed by atoms with Crippen molar-refractivity contribution in [2.24, 2.45) is 0 Å². The summed E-state index contributed by atoms with van der Waals surface area (Å²) in [5.74, 6) is 0.980. The van der Waals surface area contributed by atoms with E-state index in [4.69, 9.17) is 5.73 Å². The molecule has 8 nitrogen and oxygen atoms in total. The van der Waals surface area contributed by atoms with Crippen molar-refractivity contribution in [1.82, 2.24) is 35.0 Å². The Morgan fingerprint density at radius 2 is 2.27 bits per heavy atom. The van der Waals surface area contributed by atoms with Crippen LogP contribution in [0.25, 0.3) is 0 Å². The minimum Gasteiger partial charge on any atom is -0.367 e. The molecule has 0 saturated carbocycles. The molecule has 0 unspecified atom stereocenters. The molecule has 0 bridgehead atoms. The van der Waals surface area contributed by atoms with E-state index in [9.17, 15) is 0 Å². The van der Waals surface area contributed by atoms with Crippen molar-refractivity contribution in [2.75, 3.05) is 5.73 Å². The van der Waals surface area contributed by atoms with Gasteiger partial charge < -0.3 is 5.73 Å². The largest absolute Gasteiger partial charge is 0.367 e. The fraction of sp³-hybridized carbons (Fsp3) is 0.571. The average molecular weight is 208 g/mol. The minimum absolute atomic E-state index is 0.218. The van der Waals surface area contributed by atoms with E-state index in [-0.39, 0.29) is 12.0 Å². The molecule has 15 heavy (non-hydrogen) atoms. The quantitative estimate of drug-likeness (QED) is 0.728. The van der Waals surface area contributed by atoms with Gasteiger partial charge in [-0.15, -0.1) is 10.2 Å². The summed E-state index contributed by atoms with van der Waals surface area (Å²) < 4.78 is 3.33. The van der Waals surface area contributed by atoms with Gasteiger partial charge in [0.15, 0.2) is 5.82 Å². The lowest BCUT2D eigenvalue weighted by atomic mass is 10.4. The predicted molar refractivity (Wildman–Crippen MR) is 51.7 cm³/mol. The van der Waals surface area contributed by atoms with E-state index in [0.717, 1.165) is 5.82 Å². The van der Waals surface area contributed by atoms with Gasteiger partial charge in [0.2, 0.25) is 5.95 Å². The lowest BCUT2D eigenvalue weighted by Gasteiger charge is -2.06. The summed E-state index contributed by atoms with van der Waals surface area (Å²) in [4.78, 5) is 3.82. The monoisotopic (exact) mass is 208 g/mol. The smallest absolute Gasteiger partial charge is 0.239 e. The molecule has 8 heteroatoms. The van der Waals surface area contributed by atoms with Gasteiger partial charge in [-0.2, -0.15) is 0 Å². The molecular weight excluding hydrogens is 196 g/mol. The van der Waals surface area contributed by atoms with Crippen LogP contribution in [0.15, 0.2) is 6.33 Å². The highest BCUT2D eigenvalue weighted by atomic mass is 15.6. The Hall–Kier alpha value is -1.99. The van der Waals surface area contributed by atoms with Crippen molar-refractivity contribution in [1.29, 1.82) is 0 Å². The number of aromatic nitrogens is 7. The standard InChI is InChI=1S/C7H12N8/c1-5(2)15-6(10-12-13-15)3-14-4-9-7(8)11-14/h4-5H,3H2,1-2H3,(H2,8,11). The van der Waals surface area contributed by atoms with Crippen LogP contribution in [0.3, 0.4) is 0 Å². The first-order valence-electron chi connectivity index (χ1n) is 4.58. The summed E-state index contributed by atoms with van der Waals surface area (Å²) in [6, 6.07) is 0.218. The third kappa shape index (κ3) is 1.92. The van der Waals surface area contributed by atoms with Gasteiger partial charge in [0.25, 0.3) is 0 Å². The van der Waals surface area contributed by atoms with Crippen molar-refractivity contribution in [2.45, 2.75) is 26.4 Å². The van der Waals surface area contributed by atoms with Crippen molar-refractivity contribution in [3.63, 3.8) is 0 Å². The van der Waals surface area contributed by atoms with Crippen LogP contribution in [0.5, 0.6) is 0 Å².